The number of aliphatic hydroxyl groups excluding tert-OH is 1. The number of nitrogens with one attached hydrogen (secondary N) is 1. The van der Waals surface area contributed by atoms with Gasteiger partial charge in [-0.2, -0.15) is 5.10 Å². The van der Waals surface area contributed by atoms with Crippen molar-refractivity contribution in [2.75, 3.05) is 19.7 Å². The van der Waals surface area contributed by atoms with Crippen LogP contribution in [0.3, 0.4) is 0 Å². The number of rotatable bonds is 8. The Morgan fingerprint density at radius 2 is 1.95 bits per heavy atom. The number of likely N-dealkylation sites (tertiary alicyclic amines) is 1. The molecule has 0 aliphatic carbocycles. The topological polar surface area (TPSA) is 87.2 Å². The molecule has 1 atom stereocenters. The van der Waals surface area contributed by atoms with Gasteiger partial charge >= 0.3 is 0 Å². The fraction of sp³-hybridized carbons (Fsp3) is 0.321. The van der Waals surface area contributed by atoms with E-state index in [2.05, 4.69) is 25.1 Å². The minimum absolute atomic E-state index is 0.189. The Hall–Kier alpha value is -3.04. The van der Waals surface area contributed by atoms with Gasteiger partial charge in [0.05, 0.1) is 21.3 Å². The number of piperidine rings is 1. The van der Waals surface area contributed by atoms with Gasteiger partial charge in [-0.3, -0.25) is 20.0 Å². The highest BCUT2D eigenvalue weighted by atomic mass is 35.5. The highest BCUT2D eigenvalue weighted by molar-refractivity contribution is 6.35. The lowest BCUT2D eigenvalue weighted by molar-refractivity contribution is 0.126. The first-order chi connectivity index (χ1) is 18.4. The average molecular weight is 556 g/mol. The van der Waals surface area contributed by atoms with Crippen molar-refractivity contribution >= 4 is 46.0 Å². The van der Waals surface area contributed by atoms with Crippen LogP contribution in [0.1, 0.15) is 48.4 Å². The lowest BCUT2D eigenvalue weighted by Crippen LogP contribution is -2.34. The second-order valence-electron chi connectivity index (χ2n) is 9.53. The molecule has 1 aliphatic heterocycles. The monoisotopic (exact) mass is 555 g/mol. The van der Waals surface area contributed by atoms with Gasteiger partial charge in [-0.05, 0) is 74.7 Å². The molecule has 1 aromatic carbocycles. The third-order valence-corrected chi connectivity index (χ3v) is 7.46. The van der Waals surface area contributed by atoms with Crippen LogP contribution < -0.4 is 4.74 Å². The predicted octanol–water partition coefficient (Wildman–Crippen LogP) is 6.47. The smallest absolute Gasteiger partial charge is 0.151 e. The third kappa shape index (κ3) is 5.99. The fourth-order valence-electron chi connectivity index (χ4n) is 4.71. The van der Waals surface area contributed by atoms with E-state index in [4.69, 9.17) is 27.9 Å². The summed E-state index contributed by atoms with van der Waals surface area (Å²) in [5, 5.41) is 17.8. The van der Waals surface area contributed by atoms with Crippen LogP contribution in [0, 0.1) is 5.92 Å². The summed E-state index contributed by atoms with van der Waals surface area (Å²) in [5.41, 5.74) is 3.08. The molecule has 0 bridgehead atoms. The first-order valence-electron chi connectivity index (χ1n) is 12.5. The molecule has 4 heterocycles. The molecule has 0 radical (unpaired) electrons. The fourth-order valence-corrected chi connectivity index (χ4v) is 5.38. The average Bonchev–Trinajstić information content (AvgIpc) is 3.34. The maximum absolute atomic E-state index is 15.3. The first kappa shape index (κ1) is 26.6. The van der Waals surface area contributed by atoms with Gasteiger partial charge in [0.1, 0.15) is 17.5 Å². The second-order valence-corrected chi connectivity index (χ2v) is 10.3. The zero-order valence-corrected chi connectivity index (χ0v) is 22.4. The summed E-state index contributed by atoms with van der Waals surface area (Å²) < 4.78 is 21.4. The van der Waals surface area contributed by atoms with Crippen molar-refractivity contribution in [3.05, 3.63) is 81.5 Å². The minimum atomic E-state index is -0.484. The molecule has 1 saturated heterocycles. The van der Waals surface area contributed by atoms with E-state index < -0.39 is 11.9 Å². The molecule has 10 heteroatoms. The zero-order valence-electron chi connectivity index (χ0n) is 20.9. The number of hydrogen-bond donors (Lipinski definition) is 2. The van der Waals surface area contributed by atoms with Crippen molar-refractivity contribution in [2.45, 2.75) is 32.4 Å². The van der Waals surface area contributed by atoms with E-state index in [0.29, 0.717) is 43.7 Å². The lowest BCUT2D eigenvalue weighted by Gasteiger charge is -2.30. The summed E-state index contributed by atoms with van der Waals surface area (Å²) >= 11 is 12.5. The van der Waals surface area contributed by atoms with Crippen LogP contribution in [0.4, 0.5) is 4.39 Å². The molecule has 5 rings (SSSR count). The largest absolute Gasteiger partial charge is 0.486 e. The van der Waals surface area contributed by atoms with E-state index in [0.717, 1.165) is 38.2 Å². The molecule has 1 fully saturated rings. The summed E-state index contributed by atoms with van der Waals surface area (Å²) in [5.74, 6) is 0.443. The van der Waals surface area contributed by atoms with Gasteiger partial charge in [-0.1, -0.05) is 29.3 Å². The Morgan fingerprint density at radius 1 is 1.18 bits per heavy atom. The molecule has 198 valence electrons. The molecule has 2 N–H and O–H groups in total. The highest BCUT2D eigenvalue weighted by Crippen LogP contribution is 2.34. The van der Waals surface area contributed by atoms with E-state index in [-0.39, 0.29) is 12.3 Å². The number of aromatic amines is 1. The van der Waals surface area contributed by atoms with Crippen LogP contribution in [-0.2, 0) is 6.54 Å². The Kier molecular flexibility index (Phi) is 8.24. The van der Waals surface area contributed by atoms with Crippen LogP contribution in [-0.4, -0.2) is 49.9 Å². The van der Waals surface area contributed by atoms with Gasteiger partial charge < -0.3 is 9.84 Å². The number of pyridine rings is 2. The molecular formula is C28H28Cl2FN5O2. The van der Waals surface area contributed by atoms with Crippen molar-refractivity contribution in [3.8, 4) is 5.75 Å². The summed E-state index contributed by atoms with van der Waals surface area (Å²) in [4.78, 5) is 10.8. The number of ether oxygens (including phenoxy) is 1. The number of aliphatic hydroxyl groups is 1. The normalized spacial score (nSPS) is 16.2. The quantitative estimate of drug-likeness (QED) is 0.259. The molecule has 1 aliphatic rings. The molecule has 0 unspecified atom stereocenters. The Bertz CT molecular complexity index is 1410. The van der Waals surface area contributed by atoms with E-state index in [1.54, 1.807) is 24.4 Å². The van der Waals surface area contributed by atoms with Crippen LogP contribution in [0.5, 0.6) is 5.75 Å². The zero-order chi connectivity index (χ0) is 26.6. The molecule has 0 saturated carbocycles. The van der Waals surface area contributed by atoms with Crippen molar-refractivity contribution < 1.29 is 14.2 Å². The molecule has 0 amide bonds. The lowest BCUT2D eigenvalue weighted by atomic mass is 9.98. The molecule has 7 nitrogen and oxygen atoms in total. The minimum Gasteiger partial charge on any atom is -0.486 e. The van der Waals surface area contributed by atoms with Crippen LogP contribution in [0.2, 0.25) is 10.0 Å². The van der Waals surface area contributed by atoms with Crippen molar-refractivity contribution in [3.63, 3.8) is 0 Å². The van der Waals surface area contributed by atoms with Crippen LogP contribution >= 0.6 is 23.2 Å². The maximum Gasteiger partial charge on any atom is 0.151 e. The van der Waals surface area contributed by atoms with E-state index in [1.807, 2.05) is 19.1 Å². The molecule has 3 aromatic heterocycles. The Morgan fingerprint density at radius 3 is 2.63 bits per heavy atom. The SMILES string of the molecule is C[C@H](Oc1ccc2[nH]nc(/C(F)=C/c3ccc(CN4CCC(CO)CC4)nc3)c2c1)c1c(Cl)cncc1Cl. The van der Waals surface area contributed by atoms with Crippen LogP contribution in [0.15, 0.2) is 48.9 Å². The van der Waals surface area contributed by atoms with Gasteiger partial charge in [-0.15, -0.1) is 0 Å². The standard InChI is InChI=1S/C28H28Cl2FN5O2/c1-17(27-23(29)13-32-14-24(27)30)38-21-4-5-26-22(11-21)28(35-34-26)25(31)10-19-2-3-20(33-12-19)15-36-8-6-18(16-37)7-9-36/h2-5,10-14,17-18,37H,6-9,15-16H2,1H3,(H,34,35)/b25-10-/t17-/m0/s1. The third-order valence-electron chi connectivity index (χ3n) is 6.86. The van der Waals surface area contributed by atoms with E-state index in [9.17, 15) is 5.11 Å². The number of H-pyrrole nitrogens is 1. The Balaban J connectivity index is 1.30. The molecular weight excluding hydrogens is 528 g/mol. The number of benzene rings is 1. The highest BCUT2D eigenvalue weighted by Gasteiger charge is 2.19. The maximum atomic E-state index is 15.3. The van der Waals surface area contributed by atoms with Crippen molar-refractivity contribution in [1.82, 2.24) is 25.1 Å². The van der Waals surface area contributed by atoms with E-state index in [1.165, 1.54) is 18.5 Å². The number of aromatic nitrogens is 4. The second kappa shape index (κ2) is 11.8. The number of hydrogen-bond acceptors (Lipinski definition) is 6. The van der Waals surface area contributed by atoms with Gasteiger partial charge in [0.15, 0.2) is 5.83 Å². The first-order valence-corrected chi connectivity index (χ1v) is 13.3. The van der Waals surface area contributed by atoms with Gasteiger partial charge in [0.25, 0.3) is 0 Å². The Labute approximate surface area is 230 Å². The summed E-state index contributed by atoms with van der Waals surface area (Å²) in [6, 6.07) is 9.08. The summed E-state index contributed by atoms with van der Waals surface area (Å²) in [7, 11) is 0. The van der Waals surface area contributed by atoms with E-state index >= 15 is 4.39 Å². The molecule has 0 spiro atoms. The van der Waals surface area contributed by atoms with Gasteiger partial charge in [0, 0.05) is 42.7 Å². The van der Waals surface area contributed by atoms with Crippen molar-refractivity contribution in [1.29, 1.82) is 0 Å². The molecule has 4 aromatic rings. The number of nitrogens with zero attached hydrogens (tertiary/aromatic N) is 4. The number of halogens is 3. The number of fused-ring (bicyclic) bond motifs is 1. The summed E-state index contributed by atoms with van der Waals surface area (Å²) in [6.45, 7) is 4.73. The van der Waals surface area contributed by atoms with Crippen LogP contribution in [0.25, 0.3) is 22.8 Å². The predicted molar refractivity (Wildman–Crippen MR) is 148 cm³/mol. The molecule has 38 heavy (non-hydrogen) atoms. The summed E-state index contributed by atoms with van der Waals surface area (Å²) in [6.07, 6.45) is 7.67. The van der Waals surface area contributed by atoms with Crippen molar-refractivity contribution in [2.24, 2.45) is 5.92 Å². The van der Waals surface area contributed by atoms with Gasteiger partial charge in [-0.25, -0.2) is 4.39 Å². The van der Waals surface area contributed by atoms with Gasteiger partial charge in [0.2, 0.25) is 0 Å².